The number of carboxylic acids is 1. The normalized spacial score (nSPS) is 10.0. The van der Waals surface area contributed by atoms with Gasteiger partial charge in [0, 0.05) is 18.0 Å². The van der Waals surface area contributed by atoms with Crippen LogP contribution in [0.5, 0.6) is 0 Å². The molecule has 4 nitrogen and oxygen atoms in total. The van der Waals surface area contributed by atoms with E-state index in [-0.39, 0.29) is 11.5 Å². The summed E-state index contributed by atoms with van der Waals surface area (Å²) in [4.78, 5) is 22.6. The van der Waals surface area contributed by atoms with Gasteiger partial charge in [0.1, 0.15) is 0 Å². The number of aromatic carboxylic acids is 1. The molecule has 16 heavy (non-hydrogen) atoms. The lowest BCUT2D eigenvalue weighted by atomic mass is 10.1. The van der Waals surface area contributed by atoms with Crippen LogP contribution in [0.3, 0.4) is 0 Å². The Morgan fingerprint density at radius 1 is 1.00 bits per heavy atom. The lowest BCUT2D eigenvalue weighted by Gasteiger charge is -2.02. The summed E-state index contributed by atoms with van der Waals surface area (Å²) < 4.78 is 1.40. The van der Waals surface area contributed by atoms with Crippen molar-refractivity contribution in [2.24, 2.45) is 0 Å². The number of carbonyl (C=O) groups is 2. The fraction of sp³-hybridized carbons (Fsp3) is 0. The molecule has 0 fully saturated rings. The van der Waals surface area contributed by atoms with Crippen LogP contribution in [0.25, 0.3) is 0 Å². The van der Waals surface area contributed by atoms with Gasteiger partial charge in [0.25, 0.3) is 5.91 Å². The molecule has 0 aliphatic carbocycles. The lowest BCUT2D eigenvalue weighted by Crippen LogP contribution is -2.10. The second kappa shape index (κ2) is 4.02. The highest BCUT2D eigenvalue weighted by atomic mass is 16.4. The van der Waals surface area contributed by atoms with E-state index in [2.05, 4.69) is 0 Å². The molecule has 0 radical (unpaired) electrons. The number of hydrogen-bond donors (Lipinski definition) is 1. The Bertz CT molecular complexity index is 529. The molecule has 2 aromatic rings. The molecule has 4 heteroatoms. The number of carbonyl (C=O) groups excluding carboxylic acids is 1. The van der Waals surface area contributed by atoms with Crippen molar-refractivity contribution < 1.29 is 14.7 Å². The predicted molar refractivity (Wildman–Crippen MR) is 57.6 cm³/mol. The minimum absolute atomic E-state index is 0.109. The number of hydrogen-bond acceptors (Lipinski definition) is 2. The maximum atomic E-state index is 11.9. The summed E-state index contributed by atoms with van der Waals surface area (Å²) in [5, 5.41) is 8.80. The zero-order valence-corrected chi connectivity index (χ0v) is 8.33. The van der Waals surface area contributed by atoms with Crippen LogP contribution in [0.15, 0.2) is 48.8 Å². The Balaban J connectivity index is 2.38. The SMILES string of the molecule is O=C(O)c1cccc(C(=O)n2cccc2)c1. The van der Waals surface area contributed by atoms with E-state index < -0.39 is 5.97 Å². The smallest absolute Gasteiger partial charge is 0.335 e. The molecule has 1 aromatic heterocycles. The predicted octanol–water partition coefficient (Wildman–Crippen LogP) is 1.87. The molecule has 0 aliphatic rings. The van der Waals surface area contributed by atoms with Crippen LogP contribution in [0.2, 0.25) is 0 Å². The van der Waals surface area contributed by atoms with Gasteiger partial charge in [-0.2, -0.15) is 0 Å². The second-order valence-corrected chi connectivity index (χ2v) is 3.28. The molecule has 2 rings (SSSR count). The van der Waals surface area contributed by atoms with Crippen LogP contribution in [-0.2, 0) is 0 Å². The van der Waals surface area contributed by atoms with Crippen LogP contribution in [0.1, 0.15) is 20.7 Å². The van der Waals surface area contributed by atoms with Crippen LogP contribution in [0.4, 0.5) is 0 Å². The Kier molecular flexibility index (Phi) is 2.55. The van der Waals surface area contributed by atoms with Crippen molar-refractivity contribution in [1.29, 1.82) is 0 Å². The molecular weight excluding hydrogens is 206 g/mol. The van der Waals surface area contributed by atoms with Crippen molar-refractivity contribution in [3.05, 3.63) is 59.9 Å². The third-order valence-corrected chi connectivity index (χ3v) is 2.20. The summed E-state index contributed by atoms with van der Waals surface area (Å²) in [5.41, 5.74) is 0.467. The number of carboxylic acid groups (broad SMARTS) is 1. The fourth-order valence-corrected chi connectivity index (χ4v) is 1.40. The highest BCUT2D eigenvalue weighted by Gasteiger charge is 2.10. The van der Waals surface area contributed by atoms with Crippen molar-refractivity contribution in [3.63, 3.8) is 0 Å². The Hall–Kier alpha value is -2.36. The van der Waals surface area contributed by atoms with E-state index in [1.54, 1.807) is 36.7 Å². The minimum atomic E-state index is -1.04. The van der Waals surface area contributed by atoms with Gasteiger partial charge < -0.3 is 5.11 Å². The molecule has 0 saturated carbocycles. The van der Waals surface area contributed by atoms with Gasteiger partial charge in [-0.3, -0.25) is 9.36 Å². The van der Waals surface area contributed by atoms with E-state index in [0.717, 1.165) is 0 Å². The average Bonchev–Trinajstić information content (AvgIpc) is 2.81. The van der Waals surface area contributed by atoms with Crippen LogP contribution in [-0.4, -0.2) is 21.6 Å². The summed E-state index contributed by atoms with van der Waals surface area (Å²) in [7, 11) is 0. The molecule has 0 aliphatic heterocycles. The molecule has 0 unspecified atom stereocenters. The van der Waals surface area contributed by atoms with Gasteiger partial charge in [0.05, 0.1) is 5.56 Å². The summed E-state index contributed by atoms with van der Waals surface area (Å²) in [5.74, 6) is -1.28. The van der Waals surface area contributed by atoms with E-state index in [0.29, 0.717) is 5.56 Å². The van der Waals surface area contributed by atoms with E-state index in [9.17, 15) is 9.59 Å². The molecule has 0 atom stereocenters. The Labute approximate surface area is 91.8 Å². The summed E-state index contributed by atoms with van der Waals surface area (Å²) in [6.07, 6.45) is 3.24. The third kappa shape index (κ3) is 1.86. The number of nitrogens with zero attached hydrogens (tertiary/aromatic N) is 1. The molecule has 0 amide bonds. The van der Waals surface area contributed by atoms with Crippen molar-refractivity contribution in [2.75, 3.05) is 0 Å². The zero-order chi connectivity index (χ0) is 11.5. The second-order valence-electron chi connectivity index (χ2n) is 3.28. The molecule has 0 saturated heterocycles. The standard InChI is InChI=1S/C12H9NO3/c14-11(13-6-1-2-7-13)9-4-3-5-10(8-9)12(15)16/h1-8H,(H,15,16). The molecule has 0 spiro atoms. The highest BCUT2D eigenvalue weighted by Crippen LogP contribution is 2.07. The van der Waals surface area contributed by atoms with E-state index >= 15 is 0 Å². The van der Waals surface area contributed by atoms with Crippen molar-refractivity contribution >= 4 is 11.9 Å². The first-order valence-corrected chi connectivity index (χ1v) is 4.69. The van der Waals surface area contributed by atoms with E-state index in [1.165, 1.54) is 16.7 Å². The largest absolute Gasteiger partial charge is 0.478 e. The monoisotopic (exact) mass is 215 g/mol. The number of rotatable bonds is 2. The summed E-state index contributed by atoms with van der Waals surface area (Å²) >= 11 is 0. The van der Waals surface area contributed by atoms with E-state index in [1.807, 2.05) is 0 Å². The molecule has 80 valence electrons. The fourth-order valence-electron chi connectivity index (χ4n) is 1.40. The topological polar surface area (TPSA) is 59.3 Å². The maximum Gasteiger partial charge on any atom is 0.335 e. The lowest BCUT2D eigenvalue weighted by molar-refractivity contribution is 0.0697. The van der Waals surface area contributed by atoms with E-state index in [4.69, 9.17) is 5.11 Å². The van der Waals surface area contributed by atoms with Gasteiger partial charge in [-0.05, 0) is 30.3 Å². The van der Waals surface area contributed by atoms with Crippen molar-refractivity contribution in [3.8, 4) is 0 Å². The molecule has 1 heterocycles. The Morgan fingerprint density at radius 3 is 2.25 bits per heavy atom. The summed E-state index contributed by atoms with van der Waals surface area (Å²) in [6.45, 7) is 0. The van der Waals surface area contributed by atoms with Crippen molar-refractivity contribution in [1.82, 2.24) is 4.57 Å². The average molecular weight is 215 g/mol. The number of aromatic nitrogens is 1. The van der Waals surface area contributed by atoms with Gasteiger partial charge in [0.2, 0.25) is 0 Å². The minimum Gasteiger partial charge on any atom is -0.478 e. The molecule has 1 N–H and O–H groups in total. The van der Waals surface area contributed by atoms with Gasteiger partial charge in [-0.1, -0.05) is 6.07 Å². The highest BCUT2D eigenvalue weighted by molar-refractivity contribution is 5.98. The van der Waals surface area contributed by atoms with Gasteiger partial charge in [-0.15, -0.1) is 0 Å². The van der Waals surface area contributed by atoms with Gasteiger partial charge in [0.15, 0.2) is 0 Å². The quantitative estimate of drug-likeness (QED) is 0.831. The van der Waals surface area contributed by atoms with Gasteiger partial charge >= 0.3 is 5.97 Å². The van der Waals surface area contributed by atoms with Crippen LogP contribution >= 0.6 is 0 Å². The van der Waals surface area contributed by atoms with Crippen molar-refractivity contribution in [2.45, 2.75) is 0 Å². The molecular formula is C12H9NO3. The zero-order valence-electron chi connectivity index (χ0n) is 8.33. The Morgan fingerprint density at radius 2 is 1.62 bits per heavy atom. The number of benzene rings is 1. The maximum absolute atomic E-state index is 11.9. The third-order valence-electron chi connectivity index (χ3n) is 2.20. The molecule has 1 aromatic carbocycles. The first-order chi connectivity index (χ1) is 7.68. The van der Waals surface area contributed by atoms with Gasteiger partial charge in [-0.25, -0.2) is 4.79 Å². The first-order valence-electron chi connectivity index (χ1n) is 4.69. The summed E-state index contributed by atoms with van der Waals surface area (Å²) in [6, 6.07) is 9.44. The first kappa shape index (κ1) is 10.2. The van der Waals surface area contributed by atoms with Crippen LogP contribution in [0, 0.1) is 0 Å². The molecule has 0 bridgehead atoms. The van der Waals surface area contributed by atoms with Crippen LogP contribution < -0.4 is 0 Å².